The summed E-state index contributed by atoms with van der Waals surface area (Å²) in [6, 6.07) is 8.39. The Hall–Kier alpha value is -5.17. The summed E-state index contributed by atoms with van der Waals surface area (Å²) in [5, 5.41) is 9.53. The zero-order valence-electron chi connectivity index (χ0n) is 24.1. The number of ether oxygens (including phenoxy) is 2. The number of hydrogen-bond acceptors (Lipinski definition) is 11. The van der Waals surface area contributed by atoms with Crippen LogP contribution in [0.5, 0.6) is 16.7 Å². The first-order valence-corrected chi connectivity index (χ1v) is 14.8. The summed E-state index contributed by atoms with van der Waals surface area (Å²) in [5.41, 5.74) is 3.06. The fourth-order valence-electron chi connectivity index (χ4n) is 4.91. The lowest BCUT2D eigenvalue weighted by atomic mass is 10.0. The monoisotopic (exact) mass is 612 g/mol. The van der Waals surface area contributed by atoms with E-state index in [9.17, 15) is 4.79 Å². The smallest absolute Gasteiger partial charge is 0.279 e. The highest BCUT2D eigenvalue weighted by molar-refractivity contribution is 7.11. The van der Waals surface area contributed by atoms with E-state index in [1.165, 1.54) is 29.8 Å². The summed E-state index contributed by atoms with van der Waals surface area (Å²) in [5.74, 6) is 1.46. The van der Waals surface area contributed by atoms with E-state index < -0.39 is 5.82 Å². The maximum absolute atomic E-state index is 15.3. The van der Waals surface area contributed by atoms with Crippen LogP contribution < -0.4 is 20.1 Å². The SMILES string of the molecule is C=CC(=O)N1CCC(Nc2cc3c(Nc4ccc(Oc5nc(-c6cnc(C)nc6)cs5)cc4F)ncnc3cc2OC)CC1. The minimum absolute atomic E-state index is 0.0580. The topological polar surface area (TPSA) is 127 Å². The molecule has 1 aliphatic heterocycles. The van der Waals surface area contributed by atoms with Crippen molar-refractivity contribution in [3.63, 3.8) is 0 Å². The molecule has 0 atom stereocenters. The summed E-state index contributed by atoms with van der Waals surface area (Å²) in [6.07, 6.45) is 7.71. The van der Waals surface area contributed by atoms with Gasteiger partial charge in [0.15, 0.2) is 0 Å². The molecule has 224 valence electrons. The summed E-state index contributed by atoms with van der Waals surface area (Å²) in [6.45, 7) is 6.66. The Morgan fingerprint density at radius 1 is 1.11 bits per heavy atom. The molecule has 13 heteroatoms. The fraction of sp³-hybridized carbons (Fsp3) is 0.226. The minimum atomic E-state index is -0.523. The van der Waals surface area contributed by atoms with Gasteiger partial charge < -0.3 is 25.0 Å². The lowest BCUT2D eigenvalue weighted by Gasteiger charge is -2.32. The molecule has 5 aromatic rings. The molecule has 0 radical (unpaired) electrons. The number of rotatable bonds is 9. The highest BCUT2D eigenvalue weighted by atomic mass is 32.1. The van der Waals surface area contributed by atoms with Gasteiger partial charge in [-0.15, -0.1) is 0 Å². The molecule has 0 unspecified atom stereocenters. The third kappa shape index (κ3) is 6.27. The molecule has 1 amide bonds. The number of fused-ring (bicyclic) bond motifs is 1. The van der Waals surface area contributed by atoms with Gasteiger partial charge in [-0.05, 0) is 44.0 Å². The third-order valence-corrected chi connectivity index (χ3v) is 7.97. The van der Waals surface area contributed by atoms with Gasteiger partial charge in [-0.1, -0.05) is 17.9 Å². The van der Waals surface area contributed by atoms with Crippen molar-refractivity contribution in [2.24, 2.45) is 0 Å². The number of carbonyl (C=O) groups excluding carboxylic acids is 1. The van der Waals surface area contributed by atoms with E-state index in [0.717, 1.165) is 24.1 Å². The fourth-order valence-corrected chi connectivity index (χ4v) is 5.61. The molecule has 1 saturated heterocycles. The minimum Gasteiger partial charge on any atom is -0.495 e. The number of likely N-dealkylation sites (tertiary alicyclic amines) is 1. The van der Waals surface area contributed by atoms with Crippen LogP contribution in [0.15, 0.2) is 67.1 Å². The number of thiazole rings is 1. The molecule has 0 aliphatic carbocycles. The Kier molecular flexibility index (Phi) is 8.28. The molecule has 0 bridgehead atoms. The molecule has 2 aromatic carbocycles. The normalized spacial score (nSPS) is 13.5. The third-order valence-electron chi connectivity index (χ3n) is 7.26. The first-order chi connectivity index (χ1) is 21.4. The number of anilines is 3. The molecule has 4 heterocycles. The molecule has 2 N–H and O–H groups in total. The van der Waals surface area contributed by atoms with E-state index in [2.05, 4.69) is 42.1 Å². The largest absolute Gasteiger partial charge is 0.495 e. The van der Waals surface area contributed by atoms with Gasteiger partial charge in [0, 0.05) is 60.0 Å². The number of piperidine rings is 1. The number of nitrogens with zero attached hydrogens (tertiary/aromatic N) is 6. The van der Waals surface area contributed by atoms with Crippen molar-refractivity contribution in [3.05, 3.63) is 78.7 Å². The second kappa shape index (κ2) is 12.6. The van der Waals surface area contributed by atoms with Gasteiger partial charge >= 0.3 is 0 Å². The number of benzene rings is 2. The summed E-state index contributed by atoms with van der Waals surface area (Å²) >= 11 is 1.30. The van der Waals surface area contributed by atoms with Crippen LogP contribution in [0.25, 0.3) is 22.2 Å². The van der Waals surface area contributed by atoms with Crippen LogP contribution >= 0.6 is 11.3 Å². The average Bonchev–Trinajstić information content (AvgIpc) is 3.51. The molecule has 44 heavy (non-hydrogen) atoms. The summed E-state index contributed by atoms with van der Waals surface area (Å²) in [4.78, 5) is 35.4. The second-order valence-corrected chi connectivity index (χ2v) is 10.9. The number of hydrogen-bond donors (Lipinski definition) is 2. The van der Waals surface area contributed by atoms with Crippen molar-refractivity contribution < 1.29 is 18.7 Å². The van der Waals surface area contributed by atoms with Gasteiger partial charge in [0.05, 0.1) is 29.7 Å². The van der Waals surface area contributed by atoms with Crippen molar-refractivity contribution in [1.29, 1.82) is 0 Å². The van der Waals surface area contributed by atoms with Crippen LogP contribution in [-0.4, -0.2) is 62.0 Å². The predicted molar refractivity (Wildman–Crippen MR) is 167 cm³/mol. The predicted octanol–water partition coefficient (Wildman–Crippen LogP) is 6.12. The molecule has 1 fully saturated rings. The second-order valence-electron chi connectivity index (χ2n) is 10.1. The van der Waals surface area contributed by atoms with Gasteiger partial charge in [0.25, 0.3) is 5.19 Å². The van der Waals surface area contributed by atoms with Gasteiger partial charge in [-0.2, -0.15) is 0 Å². The number of halogens is 1. The van der Waals surface area contributed by atoms with E-state index in [1.54, 1.807) is 36.5 Å². The van der Waals surface area contributed by atoms with Gasteiger partial charge in [0.2, 0.25) is 5.91 Å². The molecule has 6 rings (SSSR count). The Balaban J connectivity index is 1.18. The first kappa shape index (κ1) is 28.9. The van der Waals surface area contributed by atoms with Gasteiger partial charge in [0.1, 0.15) is 35.3 Å². The van der Waals surface area contributed by atoms with Crippen LogP contribution in [0.4, 0.5) is 21.6 Å². The standard InChI is InChI=1S/C31H29FN8O3S/c1-4-29(41)40-9-7-20(8-10-40)37-26-12-22-25(13-28(26)42-3)35-17-36-30(22)38-24-6-5-21(11-23(24)32)43-31-39-27(16-44-31)19-14-33-18(2)34-15-19/h4-6,11-17,20,37H,1,7-10H2,2-3H3,(H,35,36,38). The maximum Gasteiger partial charge on any atom is 0.279 e. The van der Waals surface area contributed by atoms with Crippen LogP contribution in [0.3, 0.4) is 0 Å². The quantitative estimate of drug-likeness (QED) is 0.188. The number of carbonyl (C=O) groups is 1. The van der Waals surface area contributed by atoms with E-state index in [-0.39, 0.29) is 17.6 Å². The van der Waals surface area contributed by atoms with E-state index >= 15 is 4.39 Å². The van der Waals surface area contributed by atoms with Gasteiger partial charge in [-0.3, -0.25) is 4.79 Å². The number of aryl methyl sites for hydroxylation is 1. The van der Waals surface area contributed by atoms with Crippen molar-refractivity contribution in [1.82, 2.24) is 29.8 Å². The molecular weight excluding hydrogens is 583 g/mol. The maximum atomic E-state index is 15.3. The molecule has 1 aliphatic rings. The number of aromatic nitrogens is 5. The Bertz CT molecular complexity index is 1820. The number of nitrogens with one attached hydrogen (secondary N) is 2. The Morgan fingerprint density at radius 2 is 1.91 bits per heavy atom. The van der Waals surface area contributed by atoms with E-state index in [1.807, 2.05) is 24.4 Å². The van der Waals surface area contributed by atoms with Crippen molar-refractivity contribution in [2.45, 2.75) is 25.8 Å². The van der Waals surface area contributed by atoms with Crippen LogP contribution in [-0.2, 0) is 4.79 Å². The molecular formula is C31H29FN8O3S. The van der Waals surface area contributed by atoms with Crippen LogP contribution in [0.1, 0.15) is 18.7 Å². The molecule has 3 aromatic heterocycles. The average molecular weight is 613 g/mol. The Morgan fingerprint density at radius 3 is 2.64 bits per heavy atom. The zero-order valence-corrected chi connectivity index (χ0v) is 24.9. The number of methoxy groups -OCH3 is 1. The van der Waals surface area contributed by atoms with Crippen molar-refractivity contribution >= 4 is 45.3 Å². The highest BCUT2D eigenvalue weighted by Gasteiger charge is 2.23. The zero-order chi connectivity index (χ0) is 30.6. The lowest BCUT2D eigenvalue weighted by Crippen LogP contribution is -2.41. The van der Waals surface area contributed by atoms with Crippen LogP contribution in [0, 0.1) is 12.7 Å². The summed E-state index contributed by atoms with van der Waals surface area (Å²) < 4.78 is 26.7. The first-order valence-electron chi connectivity index (χ1n) is 13.9. The number of amides is 1. The molecule has 11 nitrogen and oxygen atoms in total. The van der Waals surface area contributed by atoms with E-state index in [0.29, 0.717) is 58.0 Å². The Labute approximate surface area is 256 Å². The highest BCUT2D eigenvalue weighted by Crippen LogP contribution is 2.36. The molecule has 0 spiro atoms. The summed E-state index contributed by atoms with van der Waals surface area (Å²) in [7, 11) is 1.60. The van der Waals surface area contributed by atoms with Crippen LogP contribution in [0.2, 0.25) is 0 Å². The van der Waals surface area contributed by atoms with Crippen molar-refractivity contribution in [3.8, 4) is 28.0 Å². The molecule has 0 saturated carbocycles. The van der Waals surface area contributed by atoms with Gasteiger partial charge in [-0.25, -0.2) is 29.3 Å². The van der Waals surface area contributed by atoms with E-state index in [4.69, 9.17) is 9.47 Å². The van der Waals surface area contributed by atoms with Crippen molar-refractivity contribution in [2.75, 3.05) is 30.8 Å². The lowest BCUT2D eigenvalue weighted by molar-refractivity contribution is -0.126.